The fourth-order valence-electron chi connectivity index (χ4n) is 3.12. The number of aromatic nitrogens is 2. The number of aromatic amines is 1. The predicted molar refractivity (Wildman–Crippen MR) is 82.0 cm³/mol. The molecule has 2 fully saturated rings. The second kappa shape index (κ2) is 5.98. The first-order valence-corrected chi connectivity index (χ1v) is 8.62. The van der Waals surface area contributed by atoms with Crippen molar-refractivity contribution >= 4 is 17.7 Å². The highest BCUT2D eigenvalue weighted by Crippen LogP contribution is 2.31. The highest BCUT2D eigenvalue weighted by Gasteiger charge is 2.44. The van der Waals surface area contributed by atoms with Crippen molar-refractivity contribution < 1.29 is 9.90 Å². The van der Waals surface area contributed by atoms with E-state index in [0.717, 1.165) is 24.7 Å². The first-order chi connectivity index (χ1) is 10.1. The molecule has 7 heteroatoms. The number of amides is 1. The molecule has 2 N–H and O–H groups in total. The zero-order valence-corrected chi connectivity index (χ0v) is 13.1. The molecule has 116 valence electrons. The van der Waals surface area contributed by atoms with Crippen molar-refractivity contribution in [3.05, 3.63) is 18.2 Å². The molecule has 6 nitrogen and oxygen atoms in total. The lowest BCUT2D eigenvalue weighted by Gasteiger charge is -2.42. The van der Waals surface area contributed by atoms with Gasteiger partial charge in [0.2, 0.25) is 0 Å². The SMILES string of the molecule is CCN1CCN(C(=O)[C@]2(O)CCSC2)C[C@@H]1c1ncc[nH]1. The van der Waals surface area contributed by atoms with Gasteiger partial charge in [-0.25, -0.2) is 4.98 Å². The quantitative estimate of drug-likeness (QED) is 0.850. The molecule has 2 aliphatic rings. The van der Waals surface area contributed by atoms with Crippen LogP contribution in [0.1, 0.15) is 25.2 Å². The Balaban J connectivity index is 1.75. The highest BCUT2D eigenvalue weighted by molar-refractivity contribution is 7.99. The first-order valence-electron chi connectivity index (χ1n) is 7.47. The normalized spacial score (nSPS) is 30.8. The van der Waals surface area contributed by atoms with Crippen molar-refractivity contribution in [1.82, 2.24) is 19.8 Å². The lowest BCUT2D eigenvalue weighted by Crippen LogP contribution is -2.56. The van der Waals surface area contributed by atoms with Gasteiger partial charge in [0, 0.05) is 37.8 Å². The molecule has 2 atom stereocenters. The van der Waals surface area contributed by atoms with Crippen LogP contribution >= 0.6 is 11.8 Å². The lowest BCUT2D eigenvalue weighted by molar-refractivity contribution is -0.152. The fourth-order valence-corrected chi connectivity index (χ4v) is 4.35. The van der Waals surface area contributed by atoms with E-state index in [2.05, 4.69) is 21.8 Å². The van der Waals surface area contributed by atoms with Gasteiger partial charge in [0.25, 0.3) is 5.91 Å². The Bertz CT molecular complexity index is 487. The number of carbonyl (C=O) groups excluding carboxylic acids is 1. The number of imidazole rings is 1. The van der Waals surface area contributed by atoms with Gasteiger partial charge >= 0.3 is 0 Å². The van der Waals surface area contributed by atoms with Crippen molar-refractivity contribution in [2.24, 2.45) is 0 Å². The molecule has 2 aliphatic heterocycles. The average molecular weight is 310 g/mol. The molecule has 1 aromatic heterocycles. The van der Waals surface area contributed by atoms with Crippen LogP contribution in [-0.4, -0.2) is 74.1 Å². The van der Waals surface area contributed by atoms with E-state index in [1.807, 2.05) is 11.1 Å². The maximum atomic E-state index is 12.6. The van der Waals surface area contributed by atoms with Gasteiger partial charge in [-0.05, 0) is 18.7 Å². The molecule has 2 saturated heterocycles. The number of aliphatic hydroxyl groups is 1. The predicted octanol–water partition coefficient (Wildman–Crippen LogP) is 0.483. The van der Waals surface area contributed by atoms with Gasteiger partial charge in [0.05, 0.1) is 6.04 Å². The average Bonchev–Trinajstić information content (AvgIpc) is 3.18. The zero-order chi connectivity index (χ0) is 14.9. The number of carbonyl (C=O) groups is 1. The number of hydrogen-bond donors (Lipinski definition) is 2. The molecular formula is C14H22N4O2S. The van der Waals surface area contributed by atoms with Crippen LogP contribution in [0.5, 0.6) is 0 Å². The third-order valence-corrected chi connectivity index (χ3v) is 5.59. The van der Waals surface area contributed by atoms with E-state index in [4.69, 9.17) is 0 Å². The van der Waals surface area contributed by atoms with Gasteiger partial charge in [-0.3, -0.25) is 9.69 Å². The Morgan fingerprint density at radius 1 is 1.62 bits per heavy atom. The Kier molecular flexibility index (Phi) is 4.24. The summed E-state index contributed by atoms with van der Waals surface area (Å²) in [6.07, 6.45) is 4.12. The molecule has 0 aromatic carbocycles. The van der Waals surface area contributed by atoms with Gasteiger partial charge in [0.15, 0.2) is 5.60 Å². The molecule has 21 heavy (non-hydrogen) atoms. The minimum atomic E-state index is -1.16. The Hall–Kier alpha value is -1.05. The van der Waals surface area contributed by atoms with Crippen LogP contribution in [-0.2, 0) is 4.79 Å². The minimum absolute atomic E-state index is 0.0837. The van der Waals surface area contributed by atoms with E-state index < -0.39 is 5.60 Å². The van der Waals surface area contributed by atoms with E-state index in [1.54, 1.807) is 18.0 Å². The summed E-state index contributed by atoms with van der Waals surface area (Å²) in [5, 5.41) is 10.5. The number of nitrogens with one attached hydrogen (secondary N) is 1. The molecule has 0 spiro atoms. The lowest BCUT2D eigenvalue weighted by atomic mass is 10.00. The van der Waals surface area contributed by atoms with Crippen LogP contribution < -0.4 is 0 Å². The number of H-pyrrole nitrogens is 1. The van der Waals surface area contributed by atoms with Crippen molar-refractivity contribution in [2.45, 2.75) is 25.0 Å². The summed E-state index contributed by atoms with van der Waals surface area (Å²) in [5.41, 5.74) is -1.16. The van der Waals surface area contributed by atoms with Gasteiger partial charge < -0.3 is 15.0 Å². The standard InChI is InChI=1S/C14H22N4O2S/c1-2-17-6-7-18(9-11(17)12-15-4-5-16-12)13(19)14(20)3-8-21-10-14/h4-5,11,20H,2-3,6-10H2,1H3,(H,15,16)/t11-,14+/m1/s1. The number of hydrogen-bond acceptors (Lipinski definition) is 5. The Morgan fingerprint density at radius 2 is 2.48 bits per heavy atom. The molecule has 3 heterocycles. The molecule has 1 aromatic rings. The van der Waals surface area contributed by atoms with Gasteiger partial charge in [-0.2, -0.15) is 11.8 Å². The van der Waals surface area contributed by atoms with E-state index in [0.29, 0.717) is 25.3 Å². The largest absolute Gasteiger partial charge is 0.379 e. The Morgan fingerprint density at radius 3 is 3.10 bits per heavy atom. The molecule has 0 aliphatic carbocycles. The molecular weight excluding hydrogens is 288 g/mol. The topological polar surface area (TPSA) is 72.5 Å². The molecule has 1 amide bonds. The summed E-state index contributed by atoms with van der Waals surface area (Å²) in [7, 11) is 0. The highest BCUT2D eigenvalue weighted by atomic mass is 32.2. The van der Waals surface area contributed by atoms with Crippen LogP contribution in [0.3, 0.4) is 0 Å². The summed E-state index contributed by atoms with van der Waals surface area (Å²) in [4.78, 5) is 24.3. The first kappa shape index (κ1) is 14.9. The van der Waals surface area contributed by atoms with Crippen LogP contribution in [0.15, 0.2) is 12.4 Å². The van der Waals surface area contributed by atoms with Gasteiger partial charge in [-0.1, -0.05) is 6.92 Å². The summed E-state index contributed by atoms with van der Waals surface area (Å²) in [6.45, 7) is 5.13. The molecule has 0 bridgehead atoms. The maximum Gasteiger partial charge on any atom is 0.255 e. The zero-order valence-electron chi connectivity index (χ0n) is 12.3. The van der Waals surface area contributed by atoms with Crippen molar-refractivity contribution in [3.8, 4) is 0 Å². The van der Waals surface area contributed by atoms with Gasteiger partial charge in [-0.15, -0.1) is 0 Å². The number of piperazine rings is 1. The second-order valence-electron chi connectivity index (χ2n) is 5.70. The second-order valence-corrected chi connectivity index (χ2v) is 6.81. The summed E-state index contributed by atoms with van der Waals surface area (Å²) in [6, 6.07) is 0.0837. The summed E-state index contributed by atoms with van der Waals surface area (Å²) >= 11 is 1.65. The number of rotatable bonds is 3. The molecule has 0 radical (unpaired) electrons. The monoisotopic (exact) mass is 310 g/mol. The van der Waals surface area contributed by atoms with Crippen LogP contribution in [0, 0.1) is 0 Å². The number of nitrogens with zero attached hydrogens (tertiary/aromatic N) is 3. The van der Waals surface area contributed by atoms with E-state index in [9.17, 15) is 9.90 Å². The fraction of sp³-hybridized carbons (Fsp3) is 0.714. The summed E-state index contributed by atoms with van der Waals surface area (Å²) < 4.78 is 0. The third kappa shape index (κ3) is 2.82. The molecule has 0 saturated carbocycles. The van der Waals surface area contributed by atoms with Crippen LogP contribution in [0.25, 0.3) is 0 Å². The number of thioether (sulfide) groups is 1. The molecule has 0 unspecified atom stereocenters. The van der Waals surface area contributed by atoms with Crippen molar-refractivity contribution in [1.29, 1.82) is 0 Å². The smallest absolute Gasteiger partial charge is 0.255 e. The van der Waals surface area contributed by atoms with Crippen molar-refractivity contribution in [2.75, 3.05) is 37.7 Å². The molecule has 3 rings (SSSR count). The van der Waals surface area contributed by atoms with Crippen LogP contribution in [0.4, 0.5) is 0 Å². The minimum Gasteiger partial charge on any atom is -0.379 e. The van der Waals surface area contributed by atoms with E-state index in [-0.39, 0.29) is 11.9 Å². The van der Waals surface area contributed by atoms with Crippen LogP contribution in [0.2, 0.25) is 0 Å². The maximum absolute atomic E-state index is 12.6. The van der Waals surface area contributed by atoms with E-state index >= 15 is 0 Å². The van der Waals surface area contributed by atoms with Crippen molar-refractivity contribution in [3.63, 3.8) is 0 Å². The third-order valence-electron chi connectivity index (χ3n) is 4.42. The summed E-state index contributed by atoms with van der Waals surface area (Å²) in [5.74, 6) is 2.16. The Labute approximate surface area is 128 Å². The van der Waals surface area contributed by atoms with E-state index in [1.165, 1.54) is 0 Å². The number of likely N-dealkylation sites (N-methyl/N-ethyl adjacent to an activating group) is 1. The van der Waals surface area contributed by atoms with Gasteiger partial charge in [0.1, 0.15) is 5.82 Å².